The van der Waals surface area contributed by atoms with Gasteiger partial charge in [0.15, 0.2) is 5.16 Å². The van der Waals surface area contributed by atoms with Gasteiger partial charge in [0.05, 0.1) is 5.75 Å². The largest absolute Gasteiger partial charge is 0.304 e. The molecule has 0 radical (unpaired) electrons. The highest BCUT2D eigenvalue weighted by Crippen LogP contribution is 2.21. The number of carbonyl (C=O) groups is 1. The van der Waals surface area contributed by atoms with E-state index in [4.69, 9.17) is 0 Å². The zero-order valence-corrected chi connectivity index (χ0v) is 13.4. The molecule has 0 atom stereocenters. The van der Waals surface area contributed by atoms with Gasteiger partial charge in [0.1, 0.15) is 10.8 Å². The summed E-state index contributed by atoms with van der Waals surface area (Å²) < 4.78 is 2.01. The van der Waals surface area contributed by atoms with Crippen molar-refractivity contribution in [2.24, 2.45) is 0 Å². The summed E-state index contributed by atoms with van der Waals surface area (Å²) in [6.45, 7) is 7.87. The highest BCUT2D eigenvalue weighted by atomic mass is 32.2. The first kappa shape index (κ1) is 14.9. The molecular formula is C11H16N6OS2. The maximum Gasteiger partial charge on any atom is 0.236 e. The summed E-state index contributed by atoms with van der Waals surface area (Å²) >= 11 is 2.72. The normalized spacial score (nSPS) is 11.1. The topological polar surface area (TPSA) is 85.6 Å². The number of amides is 1. The number of hydrogen-bond acceptors (Lipinski definition) is 7. The molecule has 0 saturated carbocycles. The van der Waals surface area contributed by atoms with Crippen molar-refractivity contribution in [3.8, 4) is 0 Å². The van der Waals surface area contributed by atoms with Crippen molar-refractivity contribution in [2.45, 2.75) is 38.9 Å². The van der Waals surface area contributed by atoms with Gasteiger partial charge in [-0.2, -0.15) is 0 Å². The number of nitrogens with one attached hydrogen (secondary N) is 1. The molecule has 108 valence electrons. The maximum atomic E-state index is 11.8. The van der Waals surface area contributed by atoms with Crippen molar-refractivity contribution in [2.75, 3.05) is 11.1 Å². The predicted octanol–water partition coefficient (Wildman–Crippen LogP) is 2.06. The van der Waals surface area contributed by atoms with Crippen molar-refractivity contribution in [1.29, 1.82) is 0 Å². The van der Waals surface area contributed by atoms with Crippen molar-refractivity contribution in [1.82, 2.24) is 25.0 Å². The molecule has 0 bridgehead atoms. The van der Waals surface area contributed by atoms with Crippen molar-refractivity contribution >= 4 is 34.1 Å². The van der Waals surface area contributed by atoms with Crippen LogP contribution in [-0.4, -0.2) is 36.6 Å². The molecule has 2 heterocycles. The summed E-state index contributed by atoms with van der Waals surface area (Å²) in [6, 6.07) is 0.265. The Morgan fingerprint density at radius 2 is 2.05 bits per heavy atom. The third-order valence-electron chi connectivity index (χ3n) is 2.46. The molecule has 0 aliphatic rings. The van der Waals surface area contributed by atoms with Crippen LogP contribution in [0.5, 0.6) is 0 Å². The van der Waals surface area contributed by atoms with Crippen LogP contribution in [0.1, 0.15) is 30.7 Å². The number of hydrogen-bond donors (Lipinski definition) is 1. The Hall–Kier alpha value is -1.48. The first-order chi connectivity index (χ1) is 9.47. The van der Waals surface area contributed by atoms with Crippen LogP contribution in [0.15, 0.2) is 5.16 Å². The Bertz CT molecular complexity index is 606. The van der Waals surface area contributed by atoms with Gasteiger partial charge in [-0.3, -0.25) is 10.1 Å². The minimum atomic E-state index is -0.123. The van der Waals surface area contributed by atoms with E-state index < -0.39 is 0 Å². The van der Waals surface area contributed by atoms with E-state index in [9.17, 15) is 4.79 Å². The lowest BCUT2D eigenvalue weighted by atomic mass is 10.4. The number of nitrogens with zero attached hydrogens (tertiary/aromatic N) is 5. The Labute approximate surface area is 125 Å². The summed E-state index contributed by atoms with van der Waals surface area (Å²) in [7, 11) is 0. The molecule has 0 saturated heterocycles. The van der Waals surface area contributed by atoms with E-state index in [-0.39, 0.29) is 17.7 Å². The van der Waals surface area contributed by atoms with Gasteiger partial charge in [-0.1, -0.05) is 23.1 Å². The maximum absolute atomic E-state index is 11.8. The molecular weight excluding hydrogens is 296 g/mol. The van der Waals surface area contributed by atoms with Crippen LogP contribution in [0.3, 0.4) is 0 Å². The van der Waals surface area contributed by atoms with Crippen LogP contribution in [0, 0.1) is 13.8 Å². The smallest absolute Gasteiger partial charge is 0.236 e. The second-order valence-electron chi connectivity index (χ2n) is 4.46. The second-order valence-corrected chi connectivity index (χ2v) is 6.58. The quantitative estimate of drug-likeness (QED) is 0.851. The zero-order chi connectivity index (χ0) is 14.7. The number of thioether (sulfide) groups is 1. The molecule has 9 heteroatoms. The molecule has 1 amide bonds. The fourth-order valence-corrected chi connectivity index (χ4v) is 3.20. The minimum Gasteiger partial charge on any atom is -0.304 e. The SMILES string of the molecule is Cc1nnc(NC(=O)CSc2nnc(C)n2C(C)C)s1. The average molecular weight is 312 g/mol. The van der Waals surface area contributed by atoms with E-state index in [0.29, 0.717) is 5.13 Å². The van der Waals surface area contributed by atoms with Crippen LogP contribution < -0.4 is 5.32 Å². The van der Waals surface area contributed by atoms with Gasteiger partial charge < -0.3 is 4.57 Å². The third kappa shape index (κ3) is 3.54. The molecule has 0 fully saturated rings. The highest BCUT2D eigenvalue weighted by Gasteiger charge is 2.14. The summed E-state index contributed by atoms with van der Waals surface area (Å²) in [5, 5.41) is 20.7. The van der Waals surface area contributed by atoms with Crippen LogP contribution in [-0.2, 0) is 4.79 Å². The van der Waals surface area contributed by atoms with E-state index in [2.05, 4.69) is 39.6 Å². The Balaban J connectivity index is 1.93. The van der Waals surface area contributed by atoms with Gasteiger partial charge in [0.25, 0.3) is 0 Å². The van der Waals surface area contributed by atoms with Crippen LogP contribution >= 0.6 is 23.1 Å². The first-order valence-corrected chi connectivity index (χ1v) is 7.92. The molecule has 2 aromatic rings. The Morgan fingerprint density at radius 1 is 1.30 bits per heavy atom. The second kappa shape index (κ2) is 6.31. The minimum absolute atomic E-state index is 0.123. The standard InChI is InChI=1S/C11H16N6OS2/c1-6(2)17-7(3)13-16-11(17)19-5-9(18)12-10-15-14-8(4)20-10/h6H,5H2,1-4H3,(H,12,15,18). The van der Waals surface area contributed by atoms with Crippen LogP contribution in [0.4, 0.5) is 5.13 Å². The lowest BCUT2D eigenvalue weighted by Gasteiger charge is -2.11. The number of anilines is 1. The molecule has 20 heavy (non-hydrogen) atoms. The zero-order valence-electron chi connectivity index (χ0n) is 11.7. The molecule has 0 aliphatic carbocycles. The van der Waals surface area contributed by atoms with Gasteiger partial charge >= 0.3 is 0 Å². The number of aromatic nitrogens is 5. The molecule has 2 aromatic heterocycles. The fraction of sp³-hybridized carbons (Fsp3) is 0.545. The lowest BCUT2D eigenvalue weighted by molar-refractivity contribution is -0.113. The number of rotatable bonds is 5. The molecule has 0 aliphatic heterocycles. The molecule has 1 N–H and O–H groups in total. The average Bonchev–Trinajstić information content (AvgIpc) is 2.93. The van der Waals surface area contributed by atoms with Gasteiger partial charge in [-0.15, -0.1) is 20.4 Å². The summed E-state index contributed by atoms with van der Waals surface area (Å²) in [5.74, 6) is 0.994. The number of carbonyl (C=O) groups excluding carboxylic acids is 1. The lowest BCUT2D eigenvalue weighted by Crippen LogP contribution is -2.15. The van der Waals surface area contributed by atoms with E-state index in [1.807, 2.05) is 18.4 Å². The monoisotopic (exact) mass is 312 g/mol. The summed E-state index contributed by atoms with van der Waals surface area (Å²) in [5.41, 5.74) is 0. The molecule has 0 aromatic carbocycles. The van der Waals surface area contributed by atoms with Crippen molar-refractivity contribution in [3.05, 3.63) is 10.8 Å². The fourth-order valence-electron chi connectivity index (χ4n) is 1.68. The predicted molar refractivity (Wildman–Crippen MR) is 79.1 cm³/mol. The van der Waals surface area contributed by atoms with E-state index in [0.717, 1.165) is 16.0 Å². The van der Waals surface area contributed by atoms with E-state index in [1.165, 1.54) is 23.1 Å². The molecule has 7 nitrogen and oxygen atoms in total. The molecule has 0 spiro atoms. The first-order valence-electron chi connectivity index (χ1n) is 6.11. The molecule has 2 rings (SSSR count). The van der Waals surface area contributed by atoms with Gasteiger partial charge in [0, 0.05) is 6.04 Å². The van der Waals surface area contributed by atoms with E-state index >= 15 is 0 Å². The van der Waals surface area contributed by atoms with Gasteiger partial charge in [-0.05, 0) is 27.7 Å². The van der Waals surface area contributed by atoms with Crippen molar-refractivity contribution < 1.29 is 4.79 Å². The van der Waals surface area contributed by atoms with E-state index in [1.54, 1.807) is 0 Å². The Kier molecular flexibility index (Phi) is 4.71. The number of aryl methyl sites for hydroxylation is 2. The third-order valence-corrected chi connectivity index (χ3v) is 4.15. The van der Waals surface area contributed by atoms with Gasteiger partial charge in [-0.25, -0.2) is 0 Å². The summed E-state index contributed by atoms with van der Waals surface area (Å²) in [6.07, 6.45) is 0. The van der Waals surface area contributed by atoms with Crippen LogP contribution in [0.25, 0.3) is 0 Å². The highest BCUT2D eigenvalue weighted by molar-refractivity contribution is 7.99. The summed E-state index contributed by atoms with van der Waals surface area (Å²) in [4.78, 5) is 11.8. The van der Waals surface area contributed by atoms with Crippen LogP contribution in [0.2, 0.25) is 0 Å². The Morgan fingerprint density at radius 3 is 2.65 bits per heavy atom. The van der Waals surface area contributed by atoms with Gasteiger partial charge in [0.2, 0.25) is 11.0 Å². The van der Waals surface area contributed by atoms with Crippen molar-refractivity contribution in [3.63, 3.8) is 0 Å². The molecule has 0 unspecified atom stereocenters.